The van der Waals surface area contributed by atoms with E-state index in [0.29, 0.717) is 24.8 Å². The minimum atomic E-state index is -0.956. The van der Waals surface area contributed by atoms with E-state index in [-0.39, 0.29) is 11.8 Å². The first-order valence-electron chi connectivity index (χ1n) is 11.5. The fraction of sp³-hybridized carbons (Fsp3) is 0.625. The molecule has 0 unspecified atom stereocenters. The summed E-state index contributed by atoms with van der Waals surface area (Å²) in [7, 11) is 0. The summed E-state index contributed by atoms with van der Waals surface area (Å²) >= 11 is 1.64. The molecule has 3 rings (SSSR count). The molecule has 0 bridgehead atoms. The number of hydrogen-bond donors (Lipinski definition) is 2. The second kappa shape index (κ2) is 12.4. The molecule has 8 heteroatoms. The Hall–Kier alpha value is -1.90. The highest BCUT2D eigenvalue weighted by Crippen LogP contribution is 2.29. The molecule has 2 amide bonds. The lowest BCUT2D eigenvalue weighted by molar-refractivity contribution is -0.130. The molecular formula is C24H35N3O4S. The molecule has 7 nitrogen and oxygen atoms in total. The van der Waals surface area contributed by atoms with Gasteiger partial charge in [0.15, 0.2) is 0 Å². The first-order chi connectivity index (χ1) is 15.6. The second-order valence-corrected chi connectivity index (χ2v) is 9.67. The molecule has 1 aromatic rings. The van der Waals surface area contributed by atoms with Gasteiger partial charge >= 0.3 is 0 Å². The van der Waals surface area contributed by atoms with Crippen LogP contribution in [0.2, 0.25) is 0 Å². The second-order valence-electron chi connectivity index (χ2n) is 8.68. The van der Waals surface area contributed by atoms with E-state index in [2.05, 4.69) is 15.5 Å². The van der Waals surface area contributed by atoms with Crippen LogP contribution in [0.5, 0.6) is 0 Å². The number of nitrogens with zero attached hydrogens (tertiary/aromatic N) is 1. The third-order valence-electron chi connectivity index (χ3n) is 6.33. The molecule has 1 saturated heterocycles. The molecule has 0 aromatic heterocycles. The highest BCUT2D eigenvalue weighted by Gasteiger charge is 2.41. The fourth-order valence-corrected chi connectivity index (χ4v) is 4.85. The quantitative estimate of drug-likeness (QED) is 0.520. The normalized spacial score (nSPS) is 19.7. The van der Waals surface area contributed by atoms with Gasteiger partial charge in [0, 0.05) is 25.2 Å². The molecule has 1 aromatic carbocycles. The van der Waals surface area contributed by atoms with E-state index < -0.39 is 11.6 Å². The van der Waals surface area contributed by atoms with Gasteiger partial charge in [-0.1, -0.05) is 31.4 Å². The van der Waals surface area contributed by atoms with Crippen LogP contribution >= 0.6 is 11.8 Å². The Bertz CT molecular complexity index is 759. The van der Waals surface area contributed by atoms with Gasteiger partial charge in [-0.25, -0.2) is 0 Å². The van der Waals surface area contributed by atoms with Crippen LogP contribution in [0.15, 0.2) is 24.3 Å². The van der Waals surface area contributed by atoms with E-state index in [9.17, 15) is 14.4 Å². The average molecular weight is 462 g/mol. The summed E-state index contributed by atoms with van der Waals surface area (Å²) in [4.78, 5) is 40.0. The van der Waals surface area contributed by atoms with Crippen molar-refractivity contribution in [2.24, 2.45) is 0 Å². The molecule has 2 aliphatic rings. The van der Waals surface area contributed by atoms with E-state index in [0.717, 1.165) is 69.7 Å². The summed E-state index contributed by atoms with van der Waals surface area (Å²) in [5.74, 6) is 0.305. The van der Waals surface area contributed by atoms with Gasteiger partial charge in [-0.15, -0.1) is 0 Å². The first-order valence-corrected chi connectivity index (χ1v) is 12.9. The predicted molar refractivity (Wildman–Crippen MR) is 127 cm³/mol. The van der Waals surface area contributed by atoms with E-state index in [1.54, 1.807) is 11.8 Å². The summed E-state index contributed by atoms with van der Waals surface area (Å²) in [6, 6.07) is 7.08. The fourth-order valence-electron chi connectivity index (χ4n) is 4.36. The molecule has 176 valence electrons. The van der Waals surface area contributed by atoms with Gasteiger partial charge in [0.05, 0.1) is 19.3 Å². The van der Waals surface area contributed by atoms with Crippen LogP contribution in [-0.2, 0) is 20.9 Å². The third kappa shape index (κ3) is 6.80. The van der Waals surface area contributed by atoms with Crippen LogP contribution in [0, 0.1) is 0 Å². The van der Waals surface area contributed by atoms with Gasteiger partial charge in [0.2, 0.25) is 5.91 Å². The van der Waals surface area contributed by atoms with Crippen LogP contribution < -0.4 is 10.6 Å². The minimum absolute atomic E-state index is 0.243. The van der Waals surface area contributed by atoms with Gasteiger partial charge in [-0.05, 0) is 49.0 Å². The van der Waals surface area contributed by atoms with Crippen molar-refractivity contribution in [3.8, 4) is 0 Å². The summed E-state index contributed by atoms with van der Waals surface area (Å²) in [5, 5.41) is 5.91. The summed E-state index contributed by atoms with van der Waals surface area (Å²) in [5.41, 5.74) is 0.738. The van der Waals surface area contributed by atoms with Gasteiger partial charge in [0.25, 0.3) is 5.91 Å². The molecule has 0 radical (unpaired) electrons. The van der Waals surface area contributed by atoms with E-state index in [1.165, 1.54) is 0 Å². The van der Waals surface area contributed by atoms with Crippen molar-refractivity contribution < 1.29 is 19.1 Å². The van der Waals surface area contributed by atoms with Crippen molar-refractivity contribution in [1.82, 2.24) is 15.5 Å². The first kappa shape index (κ1) is 24.7. The number of carbonyl (C=O) groups excluding carboxylic acids is 3. The largest absolute Gasteiger partial charge is 0.379 e. The maximum absolute atomic E-state index is 13.2. The lowest BCUT2D eigenvalue weighted by Crippen LogP contribution is -2.61. The van der Waals surface area contributed by atoms with Gasteiger partial charge in [-0.3, -0.25) is 14.5 Å². The molecule has 1 aliphatic carbocycles. The number of aldehydes is 1. The number of amides is 2. The van der Waals surface area contributed by atoms with Crippen LogP contribution in [-0.4, -0.2) is 72.9 Å². The number of hydrogen-bond acceptors (Lipinski definition) is 6. The van der Waals surface area contributed by atoms with E-state index in [1.807, 2.05) is 30.5 Å². The molecule has 2 N–H and O–H groups in total. The number of morpholine rings is 1. The molecular weight excluding hydrogens is 426 g/mol. The van der Waals surface area contributed by atoms with Crippen molar-refractivity contribution in [3.05, 3.63) is 35.4 Å². The summed E-state index contributed by atoms with van der Waals surface area (Å²) < 4.78 is 5.39. The maximum atomic E-state index is 13.2. The molecule has 0 spiro atoms. The summed E-state index contributed by atoms with van der Waals surface area (Å²) in [6.07, 6.45) is 7.33. The number of carbonyl (C=O) groups is 3. The highest BCUT2D eigenvalue weighted by molar-refractivity contribution is 7.98. The number of benzene rings is 1. The Kier molecular flexibility index (Phi) is 9.56. The molecule has 1 saturated carbocycles. The van der Waals surface area contributed by atoms with Crippen molar-refractivity contribution in [1.29, 1.82) is 0 Å². The number of rotatable bonds is 10. The molecule has 1 heterocycles. The molecule has 1 aliphatic heterocycles. The Morgan fingerprint density at radius 3 is 2.47 bits per heavy atom. The third-order valence-corrected chi connectivity index (χ3v) is 6.98. The van der Waals surface area contributed by atoms with E-state index in [4.69, 9.17) is 4.74 Å². The zero-order valence-corrected chi connectivity index (χ0v) is 19.8. The number of nitrogens with one attached hydrogen (secondary N) is 2. The zero-order chi connectivity index (χ0) is 22.8. The highest BCUT2D eigenvalue weighted by atomic mass is 32.2. The molecule has 32 heavy (non-hydrogen) atoms. The van der Waals surface area contributed by atoms with Crippen molar-refractivity contribution >= 4 is 29.9 Å². The van der Waals surface area contributed by atoms with Crippen molar-refractivity contribution in [2.75, 3.05) is 38.3 Å². The van der Waals surface area contributed by atoms with Gasteiger partial charge in [0.1, 0.15) is 11.8 Å². The Labute approximate surface area is 195 Å². The minimum Gasteiger partial charge on any atom is -0.379 e. The Balaban J connectivity index is 1.64. The predicted octanol–water partition coefficient (Wildman–Crippen LogP) is 2.39. The zero-order valence-electron chi connectivity index (χ0n) is 18.9. The Morgan fingerprint density at radius 2 is 1.84 bits per heavy atom. The van der Waals surface area contributed by atoms with Crippen molar-refractivity contribution in [3.63, 3.8) is 0 Å². The van der Waals surface area contributed by atoms with Gasteiger partial charge < -0.3 is 20.2 Å². The van der Waals surface area contributed by atoms with Crippen LogP contribution in [0.3, 0.4) is 0 Å². The Morgan fingerprint density at radius 1 is 1.16 bits per heavy atom. The topological polar surface area (TPSA) is 87.7 Å². The number of ether oxygens (including phenoxy) is 1. The number of thioether (sulfide) groups is 1. The smallest absolute Gasteiger partial charge is 0.252 e. The lowest BCUT2D eigenvalue weighted by Gasteiger charge is -2.37. The standard InChI is InChI=1S/C24H35N3O4S/c1-32-16-9-21(18-28)25-23(30)24(10-3-2-4-11-24)26-22(29)20-7-5-19(6-8-20)17-27-12-14-31-15-13-27/h5-8,18,21H,2-4,9-17H2,1H3,(H,25,30)(H,26,29)/t21-/m0/s1. The average Bonchev–Trinajstić information content (AvgIpc) is 2.83. The van der Waals surface area contributed by atoms with Crippen LogP contribution in [0.1, 0.15) is 54.4 Å². The maximum Gasteiger partial charge on any atom is 0.252 e. The molecule has 2 fully saturated rings. The lowest BCUT2D eigenvalue weighted by atomic mass is 9.80. The van der Waals surface area contributed by atoms with Crippen LogP contribution in [0.4, 0.5) is 0 Å². The van der Waals surface area contributed by atoms with Gasteiger partial charge in [-0.2, -0.15) is 11.8 Å². The summed E-state index contributed by atoms with van der Waals surface area (Å²) in [6.45, 7) is 4.18. The molecule has 1 atom stereocenters. The van der Waals surface area contributed by atoms with E-state index >= 15 is 0 Å². The van der Waals surface area contributed by atoms with Crippen LogP contribution in [0.25, 0.3) is 0 Å². The van der Waals surface area contributed by atoms with Crippen molar-refractivity contribution in [2.45, 2.75) is 56.7 Å². The SMILES string of the molecule is CSCC[C@@H](C=O)NC(=O)C1(NC(=O)c2ccc(CN3CCOCC3)cc2)CCCCC1. The monoisotopic (exact) mass is 461 g/mol.